The Labute approximate surface area is 186 Å². The molecule has 4 rings (SSSR count). The summed E-state index contributed by atoms with van der Waals surface area (Å²) >= 11 is 0. The summed E-state index contributed by atoms with van der Waals surface area (Å²) in [5.41, 5.74) is 4.42. The summed E-state index contributed by atoms with van der Waals surface area (Å²) in [4.78, 5) is 17.5. The summed E-state index contributed by atoms with van der Waals surface area (Å²) in [5, 5.41) is 3.05. The van der Waals surface area contributed by atoms with Crippen LogP contribution in [0.4, 0.5) is 0 Å². The molecule has 0 saturated carbocycles. The number of hydrogen-bond donors (Lipinski definition) is 1. The summed E-state index contributed by atoms with van der Waals surface area (Å²) in [6, 6.07) is 16.6. The molecule has 0 unspecified atom stereocenters. The van der Waals surface area contributed by atoms with E-state index in [9.17, 15) is 4.79 Å². The van der Waals surface area contributed by atoms with Gasteiger partial charge in [0, 0.05) is 44.8 Å². The molecule has 0 bridgehead atoms. The van der Waals surface area contributed by atoms with Crippen molar-refractivity contribution in [3.05, 3.63) is 70.8 Å². The fourth-order valence-corrected chi connectivity index (χ4v) is 4.51. The molecule has 1 atom stereocenters. The van der Waals surface area contributed by atoms with Crippen molar-refractivity contribution in [1.82, 2.24) is 15.1 Å². The van der Waals surface area contributed by atoms with Crippen molar-refractivity contribution in [3.8, 4) is 0 Å². The highest BCUT2D eigenvalue weighted by atomic mass is 16.5. The lowest BCUT2D eigenvalue weighted by molar-refractivity contribution is 0.0342. The Morgan fingerprint density at radius 2 is 1.52 bits per heavy atom. The third-order valence-corrected chi connectivity index (χ3v) is 6.35. The van der Waals surface area contributed by atoms with Gasteiger partial charge >= 0.3 is 0 Å². The Bertz CT molecular complexity index is 829. The van der Waals surface area contributed by atoms with Crippen molar-refractivity contribution in [2.24, 2.45) is 5.92 Å². The lowest BCUT2D eigenvalue weighted by Gasteiger charge is -2.30. The number of carbonyl (C=O) groups is 1. The molecule has 31 heavy (non-hydrogen) atoms. The molecule has 2 fully saturated rings. The fraction of sp³-hybridized carbons (Fsp3) is 0.500. The molecule has 2 heterocycles. The largest absolute Gasteiger partial charge is 0.379 e. The average molecular weight is 422 g/mol. The Kier molecular flexibility index (Phi) is 7.73. The number of rotatable bonds is 7. The van der Waals surface area contributed by atoms with E-state index in [2.05, 4.69) is 58.4 Å². The van der Waals surface area contributed by atoms with Gasteiger partial charge in [-0.25, -0.2) is 0 Å². The van der Waals surface area contributed by atoms with Gasteiger partial charge in [-0.15, -0.1) is 0 Å². The van der Waals surface area contributed by atoms with Crippen LogP contribution in [0.25, 0.3) is 0 Å². The normalized spacial score (nSPS) is 20.5. The van der Waals surface area contributed by atoms with Crippen molar-refractivity contribution in [2.75, 3.05) is 39.4 Å². The molecule has 1 amide bonds. The summed E-state index contributed by atoms with van der Waals surface area (Å²) in [7, 11) is 0. The second-order valence-electron chi connectivity index (χ2n) is 9.07. The maximum absolute atomic E-state index is 12.6. The molecule has 2 saturated heterocycles. The molecule has 2 aromatic carbocycles. The first-order valence-corrected chi connectivity index (χ1v) is 11.6. The third-order valence-electron chi connectivity index (χ3n) is 6.35. The highest BCUT2D eigenvalue weighted by molar-refractivity contribution is 5.94. The fourth-order valence-electron chi connectivity index (χ4n) is 4.51. The number of nitrogens with one attached hydrogen (secondary N) is 1. The van der Waals surface area contributed by atoms with Crippen LogP contribution in [0.15, 0.2) is 48.5 Å². The first-order chi connectivity index (χ1) is 15.2. The van der Waals surface area contributed by atoms with E-state index in [1.165, 1.54) is 37.1 Å². The zero-order chi connectivity index (χ0) is 21.5. The van der Waals surface area contributed by atoms with Crippen molar-refractivity contribution >= 4 is 5.91 Å². The predicted molar refractivity (Wildman–Crippen MR) is 124 cm³/mol. The summed E-state index contributed by atoms with van der Waals surface area (Å²) in [6.07, 6.45) is 2.63. The van der Waals surface area contributed by atoms with E-state index >= 15 is 0 Å². The lowest BCUT2D eigenvalue weighted by Crippen LogP contribution is -2.35. The maximum atomic E-state index is 12.6. The van der Waals surface area contributed by atoms with Crippen LogP contribution in [0.1, 0.15) is 46.8 Å². The highest BCUT2D eigenvalue weighted by Gasteiger charge is 2.16. The molecule has 2 aliphatic rings. The molecule has 2 aromatic rings. The molecule has 2 aliphatic heterocycles. The predicted octanol–water partition coefficient (Wildman–Crippen LogP) is 3.68. The Morgan fingerprint density at radius 3 is 2.19 bits per heavy atom. The van der Waals surface area contributed by atoms with E-state index in [4.69, 9.17) is 4.74 Å². The molecular formula is C26H35N3O2. The van der Waals surface area contributed by atoms with Crippen molar-refractivity contribution in [3.63, 3.8) is 0 Å². The Balaban J connectivity index is 1.23. The van der Waals surface area contributed by atoms with E-state index in [1.807, 2.05) is 12.1 Å². The number of nitrogens with zero attached hydrogens (tertiary/aromatic N) is 2. The van der Waals surface area contributed by atoms with Gasteiger partial charge < -0.3 is 10.1 Å². The molecule has 5 nitrogen and oxygen atoms in total. The second-order valence-corrected chi connectivity index (χ2v) is 9.07. The standard InChI is InChI=1S/C26H35N3O2/c1-21-3-2-12-29(18-21)20-24-8-10-25(11-9-24)26(30)27-17-22-4-6-23(7-5-22)19-28-13-15-31-16-14-28/h4-11,21H,2-3,12-20H2,1H3,(H,27,30)/t21-/m1/s1. The zero-order valence-electron chi connectivity index (χ0n) is 18.7. The molecule has 0 radical (unpaired) electrons. The number of morpholine rings is 1. The Hall–Kier alpha value is -2.21. The zero-order valence-corrected chi connectivity index (χ0v) is 18.7. The van der Waals surface area contributed by atoms with E-state index in [0.29, 0.717) is 6.54 Å². The quantitative estimate of drug-likeness (QED) is 0.741. The number of amides is 1. The smallest absolute Gasteiger partial charge is 0.251 e. The molecule has 166 valence electrons. The lowest BCUT2D eigenvalue weighted by atomic mass is 9.99. The number of likely N-dealkylation sites (tertiary alicyclic amines) is 1. The first-order valence-electron chi connectivity index (χ1n) is 11.6. The molecule has 0 aliphatic carbocycles. The van der Waals surface area contributed by atoms with Crippen LogP contribution in [0, 0.1) is 5.92 Å². The van der Waals surface area contributed by atoms with E-state index in [1.54, 1.807) is 0 Å². The van der Waals surface area contributed by atoms with Crippen LogP contribution in [0.2, 0.25) is 0 Å². The van der Waals surface area contributed by atoms with Crippen LogP contribution in [-0.4, -0.2) is 55.1 Å². The number of ether oxygens (including phenoxy) is 1. The Morgan fingerprint density at radius 1 is 0.903 bits per heavy atom. The molecule has 0 aromatic heterocycles. The number of piperidine rings is 1. The topological polar surface area (TPSA) is 44.8 Å². The summed E-state index contributed by atoms with van der Waals surface area (Å²) in [5.74, 6) is 0.766. The minimum atomic E-state index is -0.0180. The number of benzene rings is 2. The minimum absolute atomic E-state index is 0.0180. The van der Waals surface area contributed by atoms with Gasteiger partial charge in [-0.3, -0.25) is 14.6 Å². The van der Waals surface area contributed by atoms with Crippen LogP contribution < -0.4 is 5.32 Å². The van der Waals surface area contributed by atoms with Gasteiger partial charge in [0.25, 0.3) is 5.91 Å². The van der Waals surface area contributed by atoms with Crippen LogP contribution in [0.5, 0.6) is 0 Å². The van der Waals surface area contributed by atoms with Crippen LogP contribution >= 0.6 is 0 Å². The summed E-state index contributed by atoms with van der Waals surface area (Å²) in [6.45, 7) is 10.8. The summed E-state index contributed by atoms with van der Waals surface area (Å²) < 4.78 is 5.41. The molecule has 5 heteroatoms. The monoisotopic (exact) mass is 421 g/mol. The van der Waals surface area contributed by atoms with E-state index in [-0.39, 0.29) is 5.91 Å². The number of carbonyl (C=O) groups excluding carboxylic acids is 1. The van der Waals surface area contributed by atoms with Gasteiger partial charge in [0.15, 0.2) is 0 Å². The van der Waals surface area contributed by atoms with Gasteiger partial charge in [0.2, 0.25) is 0 Å². The second kappa shape index (κ2) is 10.9. The molecule has 1 N–H and O–H groups in total. The van der Waals surface area contributed by atoms with Gasteiger partial charge in [0.1, 0.15) is 0 Å². The minimum Gasteiger partial charge on any atom is -0.379 e. The molecular weight excluding hydrogens is 386 g/mol. The SMILES string of the molecule is C[C@@H]1CCCN(Cc2ccc(C(=O)NCc3ccc(CN4CCOCC4)cc3)cc2)C1. The maximum Gasteiger partial charge on any atom is 0.251 e. The van der Waals surface area contributed by atoms with Gasteiger partial charge in [-0.05, 0) is 54.1 Å². The van der Waals surface area contributed by atoms with Crippen molar-refractivity contribution in [1.29, 1.82) is 0 Å². The molecule has 0 spiro atoms. The van der Waals surface area contributed by atoms with Gasteiger partial charge in [-0.2, -0.15) is 0 Å². The highest BCUT2D eigenvalue weighted by Crippen LogP contribution is 2.18. The third kappa shape index (κ3) is 6.63. The van der Waals surface area contributed by atoms with Crippen LogP contribution in [0.3, 0.4) is 0 Å². The van der Waals surface area contributed by atoms with Gasteiger partial charge in [0.05, 0.1) is 13.2 Å². The van der Waals surface area contributed by atoms with Crippen LogP contribution in [-0.2, 0) is 24.4 Å². The van der Waals surface area contributed by atoms with Gasteiger partial charge in [-0.1, -0.05) is 43.3 Å². The first kappa shape index (κ1) is 22.0. The van der Waals surface area contributed by atoms with Crippen molar-refractivity contribution in [2.45, 2.75) is 39.4 Å². The average Bonchev–Trinajstić information content (AvgIpc) is 2.80. The van der Waals surface area contributed by atoms with Crippen molar-refractivity contribution < 1.29 is 9.53 Å². The van der Waals surface area contributed by atoms with E-state index in [0.717, 1.165) is 56.4 Å². The number of hydrogen-bond acceptors (Lipinski definition) is 4. The van der Waals surface area contributed by atoms with E-state index < -0.39 is 0 Å².